The normalized spacial score (nSPS) is 27.6. The van der Waals surface area contributed by atoms with Crippen LogP contribution in [0.2, 0.25) is 0 Å². The predicted molar refractivity (Wildman–Crippen MR) is 92.5 cm³/mol. The summed E-state index contributed by atoms with van der Waals surface area (Å²) < 4.78 is 0. The van der Waals surface area contributed by atoms with E-state index in [9.17, 15) is 4.79 Å². The van der Waals surface area contributed by atoms with Gasteiger partial charge in [0.1, 0.15) is 0 Å². The largest absolute Gasteiger partial charge is 0.292 e. The van der Waals surface area contributed by atoms with Gasteiger partial charge in [0.2, 0.25) is 0 Å². The van der Waals surface area contributed by atoms with Crippen molar-refractivity contribution in [1.82, 2.24) is 4.90 Å². The molecule has 1 unspecified atom stereocenters. The highest BCUT2D eigenvalue weighted by molar-refractivity contribution is 6.02. The van der Waals surface area contributed by atoms with Crippen molar-refractivity contribution in [1.29, 1.82) is 0 Å². The van der Waals surface area contributed by atoms with Gasteiger partial charge in [-0.3, -0.25) is 9.69 Å². The van der Waals surface area contributed by atoms with Crippen LogP contribution in [0.3, 0.4) is 0 Å². The molecule has 0 radical (unpaired) electrons. The van der Waals surface area contributed by atoms with Gasteiger partial charge in [0.25, 0.3) is 0 Å². The van der Waals surface area contributed by atoms with Gasteiger partial charge in [-0.05, 0) is 18.4 Å². The zero-order valence-electron chi connectivity index (χ0n) is 13.4. The molecule has 118 valence electrons. The SMILES string of the molecule is O=C(c1ccccc1)[C@@H]1[C@@H](c2ccccc2)N1C1CCCCC1. The molecule has 1 saturated carbocycles. The summed E-state index contributed by atoms with van der Waals surface area (Å²) in [6.07, 6.45) is 6.42. The summed E-state index contributed by atoms with van der Waals surface area (Å²) in [6, 6.07) is 21.2. The van der Waals surface area contributed by atoms with Crippen LogP contribution in [0.4, 0.5) is 0 Å². The van der Waals surface area contributed by atoms with Crippen molar-refractivity contribution >= 4 is 5.78 Å². The molecule has 0 N–H and O–H groups in total. The zero-order chi connectivity index (χ0) is 15.6. The van der Waals surface area contributed by atoms with Gasteiger partial charge in [-0.15, -0.1) is 0 Å². The van der Waals surface area contributed by atoms with Gasteiger partial charge in [-0.2, -0.15) is 0 Å². The molecule has 0 spiro atoms. The number of ketones is 1. The fourth-order valence-corrected chi connectivity index (χ4v) is 4.14. The van der Waals surface area contributed by atoms with E-state index in [2.05, 4.69) is 29.2 Å². The maximum Gasteiger partial charge on any atom is 0.181 e. The molecular weight excluding hydrogens is 282 g/mol. The lowest BCUT2D eigenvalue weighted by atomic mass is 9.95. The molecule has 0 amide bonds. The van der Waals surface area contributed by atoms with Crippen molar-refractivity contribution in [3.63, 3.8) is 0 Å². The first-order valence-electron chi connectivity index (χ1n) is 8.78. The Morgan fingerprint density at radius 1 is 0.826 bits per heavy atom. The first kappa shape index (κ1) is 14.6. The molecule has 1 aliphatic carbocycles. The first-order chi connectivity index (χ1) is 11.4. The van der Waals surface area contributed by atoms with Gasteiger partial charge >= 0.3 is 0 Å². The van der Waals surface area contributed by atoms with Crippen molar-refractivity contribution < 1.29 is 4.79 Å². The van der Waals surface area contributed by atoms with Crippen LogP contribution in [-0.2, 0) is 0 Å². The van der Waals surface area contributed by atoms with Crippen molar-refractivity contribution in [3.8, 4) is 0 Å². The topological polar surface area (TPSA) is 20.1 Å². The van der Waals surface area contributed by atoms with E-state index in [1.807, 2.05) is 36.4 Å². The zero-order valence-corrected chi connectivity index (χ0v) is 13.4. The molecule has 2 aliphatic rings. The van der Waals surface area contributed by atoms with Gasteiger partial charge < -0.3 is 0 Å². The van der Waals surface area contributed by atoms with E-state index in [-0.39, 0.29) is 17.9 Å². The van der Waals surface area contributed by atoms with Crippen molar-refractivity contribution in [2.24, 2.45) is 0 Å². The van der Waals surface area contributed by atoms with Crippen molar-refractivity contribution in [2.45, 2.75) is 50.2 Å². The van der Waals surface area contributed by atoms with Crippen LogP contribution >= 0.6 is 0 Å². The lowest BCUT2D eigenvalue weighted by molar-refractivity contribution is 0.0963. The van der Waals surface area contributed by atoms with Gasteiger partial charge in [0, 0.05) is 11.6 Å². The van der Waals surface area contributed by atoms with Crippen LogP contribution in [-0.4, -0.2) is 22.8 Å². The molecule has 2 fully saturated rings. The summed E-state index contributed by atoms with van der Waals surface area (Å²) >= 11 is 0. The highest BCUT2D eigenvalue weighted by Crippen LogP contribution is 2.49. The van der Waals surface area contributed by atoms with Crippen LogP contribution < -0.4 is 0 Å². The Balaban J connectivity index is 1.61. The molecule has 0 aromatic heterocycles. The second kappa shape index (κ2) is 6.29. The Morgan fingerprint density at radius 3 is 2.09 bits per heavy atom. The summed E-state index contributed by atoms with van der Waals surface area (Å²) in [5, 5.41) is 0. The molecule has 0 bridgehead atoms. The highest BCUT2D eigenvalue weighted by Gasteiger charge is 2.55. The van der Waals surface area contributed by atoms with E-state index < -0.39 is 0 Å². The maximum atomic E-state index is 13.0. The summed E-state index contributed by atoms with van der Waals surface area (Å²) in [7, 11) is 0. The molecule has 3 atom stereocenters. The van der Waals surface area contributed by atoms with E-state index in [1.165, 1.54) is 37.7 Å². The average Bonchev–Trinajstić information content (AvgIpc) is 3.39. The first-order valence-corrected chi connectivity index (χ1v) is 8.78. The van der Waals surface area contributed by atoms with Crippen LogP contribution in [0.5, 0.6) is 0 Å². The van der Waals surface area contributed by atoms with Crippen LogP contribution in [0.15, 0.2) is 60.7 Å². The number of hydrogen-bond acceptors (Lipinski definition) is 2. The molecule has 1 saturated heterocycles. The molecule has 2 nitrogen and oxygen atoms in total. The quantitative estimate of drug-likeness (QED) is 0.606. The van der Waals surface area contributed by atoms with Crippen molar-refractivity contribution in [3.05, 3.63) is 71.8 Å². The predicted octanol–water partition coefficient (Wildman–Crippen LogP) is 4.63. The molecule has 2 aromatic rings. The van der Waals surface area contributed by atoms with E-state index in [4.69, 9.17) is 0 Å². The number of carbonyl (C=O) groups is 1. The highest BCUT2D eigenvalue weighted by atomic mass is 16.1. The standard InChI is InChI=1S/C21H23NO/c23-21(17-12-6-2-7-13-17)20-19(16-10-4-1-5-11-16)22(20)18-14-8-3-9-15-18/h1-2,4-7,10-13,18-20H,3,8-9,14-15H2/t19-,20+,22?/m1/s1. The van der Waals surface area contributed by atoms with E-state index in [0.717, 1.165) is 5.56 Å². The third kappa shape index (κ3) is 2.84. The average molecular weight is 305 g/mol. The molecule has 4 rings (SSSR count). The minimum atomic E-state index is 0.0305. The fraction of sp³-hybridized carbons (Fsp3) is 0.381. The second-order valence-corrected chi connectivity index (χ2v) is 6.77. The molecule has 2 aromatic carbocycles. The minimum Gasteiger partial charge on any atom is -0.292 e. The third-order valence-corrected chi connectivity index (χ3v) is 5.32. The number of benzene rings is 2. The van der Waals surface area contributed by atoms with E-state index in [1.54, 1.807) is 0 Å². The van der Waals surface area contributed by atoms with E-state index in [0.29, 0.717) is 6.04 Å². The minimum absolute atomic E-state index is 0.0305. The molecule has 23 heavy (non-hydrogen) atoms. The lowest BCUT2D eigenvalue weighted by Crippen LogP contribution is -2.26. The summed E-state index contributed by atoms with van der Waals surface area (Å²) in [4.78, 5) is 15.5. The van der Waals surface area contributed by atoms with Crippen LogP contribution in [0.1, 0.15) is 54.1 Å². The number of rotatable bonds is 4. The molecule has 1 aliphatic heterocycles. The molecule has 1 heterocycles. The summed E-state index contributed by atoms with van der Waals surface area (Å²) in [5.41, 5.74) is 2.13. The number of nitrogens with zero attached hydrogens (tertiary/aromatic N) is 1. The number of Topliss-reactive ketones (excluding diaryl/α,β-unsaturated/α-hetero) is 1. The van der Waals surface area contributed by atoms with Gasteiger partial charge in [-0.25, -0.2) is 0 Å². The van der Waals surface area contributed by atoms with Gasteiger partial charge in [0.05, 0.1) is 12.1 Å². The Bertz CT molecular complexity index is 661. The number of hydrogen-bond donors (Lipinski definition) is 0. The van der Waals surface area contributed by atoms with Gasteiger partial charge in [0.15, 0.2) is 5.78 Å². The Morgan fingerprint density at radius 2 is 1.43 bits per heavy atom. The second-order valence-electron chi connectivity index (χ2n) is 6.77. The Hall–Kier alpha value is -1.93. The Labute approximate surface area is 138 Å². The smallest absolute Gasteiger partial charge is 0.181 e. The lowest BCUT2D eigenvalue weighted by Gasteiger charge is -2.24. The van der Waals surface area contributed by atoms with Crippen LogP contribution in [0.25, 0.3) is 0 Å². The van der Waals surface area contributed by atoms with Crippen LogP contribution in [0, 0.1) is 0 Å². The molecule has 2 heteroatoms. The maximum absolute atomic E-state index is 13.0. The Kier molecular flexibility index (Phi) is 4.00. The monoisotopic (exact) mass is 305 g/mol. The van der Waals surface area contributed by atoms with Gasteiger partial charge in [-0.1, -0.05) is 79.9 Å². The summed E-state index contributed by atoms with van der Waals surface area (Å²) in [6.45, 7) is 0. The molecular formula is C21H23NO. The third-order valence-electron chi connectivity index (χ3n) is 5.32. The fourth-order valence-electron chi connectivity index (χ4n) is 4.14. The number of carbonyl (C=O) groups excluding carboxylic acids is 1. The van der Waals surface area contributed by atoms with E-state index >= 15 is 0 Å². The van der Waals surface area contributed by atoms with Crippen molar-refractivity contribution in [2.75, 3.05) is 0 Å². The summed E-state index contributed by atoms with van der Waals surface area (Å²) in [5.74, 6) is 0.282.